The van der Waals surface area contributed by atoms with E-state index < -0.39 is 17.6 Å². The number of para-hydroxylation sites is 2. The molecule has 2 aromatic carbocycles. The summed E-state index contributed by atoms with van der Waals surface area (Å²) in [6.45, 7) is 0. The molecule has 0 saturated carbocycles. The first-order valence-corrected chi connectivity index (χ1v) is 11.3. The highest BCUT2D eigenvalue weighted by Crippen LogP contribution is 2.34. The molecule has 172 valence electrons. The first kappa shape index (κ1) is 22.6. The van der Waals surface area contributed by atoms with Gasteiger partial charge < -0.3 is 4.42 Å². The molecule has 0 aliphatic carbocycles. The van der Waals surface area contributed by atoms with Crippen molar-refractivity contribution >= 4 is 46.2 Å². The highest BCUT2D eigenvalue weighted by molar-refractivity contribution is 7.99. The minimum absolute atomic E-state index is 0.0336. The summed E-state index contributed by atoms with van der Waals surface area (Å²) in [7, 11) is 0. The normalized spacial score (nSPS) is 11.9. The maximum absolute atomic E-state index is 13.7. The Bertz CT molecular complexity index is 1470. The van der Waals surface area contributed by atoms with Gasteiger partial charge in [0.05, 0.1) is 5.56 Å². The number of fused-ring (bicyclic) bond motifs is 1. The predicted octanol–water partition coefficient (Wildman–Crippen LogP) is 6.52. The number of H-pyrrole nitrogens is 1. The fourth-order valence-corrected chi connectivity index (χ4v) is 4.65. The van der Waals surface area contributed by atoms with Gasteiger partial charge in [0.15, 0.2) is 16.6 Å². The highest BCUT2D eigenvalue weighted by atomic mass is 35.5. The van der Waals surface area contributed by atoms with Crippen LogP contribution in [0.15, 0.2) is 73.5 Å². The van der Waals surface area contributed by atoms with E-state index in [1.807, 2.05) is 12.1 Å². The summed E-state index contributed by atoms with van der Waals surface area (Å²) in [4.78, 5) is 17.0. The van der Waals surface area contributed by atoms with Crippen LogP contribution in [0.25, 0.3) is 22.5 Å². The van der Waals surface area contributed by atoms with Crippen LogP contribution in [0.4, 0.5) is 17.6 Å². The Hall–Kier alpha value is -3.16. The molecular formula is C20H9ClF4N6OS2. The van der Waals surface area contributed by atoms with Crippen molar-refractivity contribution in [3.63, 3.8) is 0 Å². The molecule has 7 nitrogen and oxygen atoms in total. The summed E-state index contributed by atoms with van der Waals surface area (Å²) in [5, 5.41) is 7.72. The first-order valence-electron chi connectivity index (χ1n) is 9.29. The molecule has 1 N–H and O–H groups in total. The summed E-state index contributed by atoms with van der Waals surface area (Å²) in [5.74, 6) is -1.08. The van der Waals surface area contributed by atoms with E-state index in [9.17, 15) is 17.6 Å². The molecule has 0 atom stereocenters. The topological polar surface area (TPSA) is 93.4 Å². The molecule has 5 aromatic rings. The van der Waals surface area contributed by atoms with E-state index >= 15 is 0 Å². The summed E-state index contributed by atoms with van der Waals surface area (Å²) in [5.41, 5.74) is 0.0676. The van der Waals surface area contributed by atoms with Crippen LogP contribution in [0.3, 0.4) is 0 Å². The molecule has 0 aliphatic heterocycles. The lowest BCUT2D eigenvalue weighted by atomic mass is 10.1. The Labute approximate surface area is 201 Å². The Balaban J connectivity index is 1.37. The standard InChI is InChI=1S/C20H9ClF4N6OS2/c21-14-8-15(28-17(27-14)34-19-26-12-3-1-2-4-13(12)32-19)33-18-29-16(30-31-18)9-5-10(20(23,24)25)7-11(22)6-9/h1-8H,(H,29,30,31). The van der Waals surface area contributed by atoms with Gasteiger partial charge in [-0.25, -0.2) is 24.3 Å². The fraction of sp³-hybridized carbons (Fsp3) is 0.0500. The molecule has 5 rings (SSSR count). The van der Waals surface area contributed by atoms with Crippen molar-refractivity contribution in [2.45, 2.75) is 26.7 Å². The maximum Gasteiger partial charge on any atom is 0.416 e. The molecule has 0 spiro atoms. The van der Waals surface area contributed by atoms with Crippen LogP contribution in [0, 0.1) is 5.82 Å². The minimum atomic E-state index is -4.70. The number of hydrogen-bond donors (Lipinski definition) is 1. The fourth-order valence-electron chi connectivity index (χ4n) is 2.85. The Morgan fingerprint density at radius 3 is 2.53 bits per heavy atom. The third-order valence-electron chi connectivity index (χ3n) is 4.26. The second-order valence-corrected chi connectivity index (χ2v) is 8.95. The van der Waals surface area contributed by atoms with Gasteiger partial charge in [-0.1, -0.05) is 23.7 Å². The number of rotatable bonds is 5. The molecule has 34 heavy (non-hydrogen) atoms. The van der Waals surface area contributed by atoms with Crippen LogP contribution in [0.5, 0.6) is 0 Å². The van der Waals surface area contributed by atoms with Crippen LogP contribution < -0.4 is 0 Å². The molecule has 0 saturated heterocycles. The molecule has 0 radical (unpaired) electrons. The predicted molar refractivity (Wildman–Crippen MR) is 116 cm³/mol. The number of aromatic nitrogens is 6. The van der Waals surface area contributed by atoms with E-state index in [1.165, 1.54) is 6.07 Å². The van der Waals surface area contributed by atoms with Crippen molar-refractivity contribution in [2.75, 3.05) is 0 Å². The van der Waals surface area contributed by atoms with Gasteiger partial charge in [0, 0.05) is 23.4 Å². The molecule has 0 aliphatic rings. The highest BCUT2D eigenvalue weighted by Gasteiger charge is 2.31. The molecule has 0 unspecified atom stereocenters. The molecule has 0 amide bonds. The van der Waals surface area contributed by atoms with Gasteiger partial charge in [-0.15, -0.1) is 5.10 Å². The lowest BCUT2D eigenvalue weighted by molar-refractivity contribution is -0.137. The van der Waals surface area contributed by atoms with Crippen LogP contribution in [-0.4, -0.2) is 30.1 Å². The Kier molecular flexibility index (Phi) is 5.91. The quantitative estimate of drug-likeness (QED) is 0.158. The van der Waals surface area contributed by atoms with Gasteiger partial charge in [-0.05, 0) is 42.1 Å². The monoisotopic (exact) mass is 524 g/mol. The molecule has 3 heterocycles. The number of nitrogens with one attached hydrogen (secondary N) is 1. The summed E-state index contributed by atoms with van der Waals surface area (Å²) in [6.07, 6.45) is -4.70. The Morgan fingerprint density at radius 2 is 1.74 bits per heavy atom. The Morgan fingerprint density at radius 1 is 0.912 bits per heavy atom. The smallest absolute Gasteiger partial charge is 0.416 e. The largest absolute Gasteiger partial charge is 0.431 e. The van der Waals surface area contributed by atoms with Crippen molar-refractivity contribution in [2.24, 2.45) is 0 Å². The summed E-state index contributed by atoms with van der Waals surface area (Å²) in [6, 6.07) is 10.9. The van der Waals surface area contributed by atoms with Gasteiger partial charge in [0.25, 0.3) is 5.22 Å². The van der Waals surface area contributed by atoms with Gasteiger partial charge in [0.1, 0.15) is 21.5 Å². The SMILES string of the molecule is Fc1cc(-c2nc(Sc3cc(Cl)nc(Sc4nc5ccccc5o4)n3)n[nH]2)cc(C(F)(F)F)c1. The number of nitrogens with zero attached hydrogens (tertiary/aromatic N) is 5. The molecule has 0 fully saturated rings. The van der Waals surface area contributed by atoms with E-state index in [-0.39, 0.29) is 26.9 Å². The lowest BCUT2D eigenvalue weighted by Crippen LogP contribution is -2.05. The van der Waals surface area contributed by atoms with E-state index in [0.717, 1.165) is 35.7 Å². The number of oxazole rings is 1. The number of hydrogen-bond acceptors (Lipinski definition) is 8. The van der Waals surface area contributed by atoms with Gasteiger partial charge in [-0.3, -0.25) is 5.10 Å². The average molecular weight is 525 g/mol. The van der Waals surface area contributed by atoms with Gasteiger partial charge in [0.2, 0.25) is 5.16 Å². The minimum Gasteiger partial charge on any atom is -0.431 e. The van der Waals surface area contributed by atoms with E-state index in [0.29, 0.717) is 27.4 Å². The van der Waals surface area contributed by atoms with Gasteiger partial charge in [-0.2, -0.15) is 13.2 Å². The number of halogens is 5. The summed E-state index contributed by atoms with van der Waals surface area (Å²) < 4.78 is 58.3. The zero-order valence-electron chi connectivity index (χ0n) is 16.5. The van der Waals surface area contributed by atoms with Crippen molar-refractivity contribution in [1.29, 1.82) is 0 Å². The van der Waals surface area contributed by atoms with E-state index in [1.54, 1.807) is 12.1 Å². The second-order valence-electron chi connectivity index (χ2n) is 6.66. The van der Waals surface area contributed by atoms with E-state index in [2.05, 4.69) is 30.1 Å². The molecule has 14 heteroatoms. The number of aromatic amines is 1. The maximum atomic E-state index is 13.7. The second kappa shape index (κ2) is 8.89. The van der Waals surface area contributed by atoms with Crippen LogP contribution in [0.1, 0.15) is 5.56 Å². The molecule has 3 aromatic heterocycles. The number of benzene rings is 2. The summed E-state index contributed by atoms with van der Waals surface area (Å²) >= 11 is 8.17. The van der Waals surface area contributed by atoms with Crippen molar-refractivity contribution in [1.82, 2.24) is 30.1 Å². The van der Waals surface area contributed by atoms with E-state index in [4.69, 9.17) is 16.0 Å². The van der Waals surface area contributed by atoms with Crippen molar-refractivity contribution < 1.29 is 22.0 Å². The third kappa shape index (κ3) is 5.00. The zero-order chi connectivity index (χ0) is 23.9. The lowest BCUT2D eigenvalue weighted by Gasteiger charge is -2.07. The first-order chi connectivity index (χ1) is 16.2. The third-order valence-corrected chi connectivity index (χ3v) is 5.95. The van der Waals surface area contributed by atoms with Crippen LogP contribution >= 0.6 is 35.1 Å². The van der Waals surface area contributed by atoms with Crippen molar-refractivity contribution in [3.8, 4) is 11.4 Å². The zero-order valence-corrected chi connectivity index (χ0v) is 18.9. The molecule has 0 bridgehead atoms. The van der Waals surface area contributed by atoms with Crippen LogP contribution in [0.2, 0.25) is 5.15 Å². The molecular weight excluding hydrogens is 516 g/mol. The van der Waals surface area contributed by atoms with Crippen LogP contribution in [-0.2, 0) is 6.18 Å². The van der Waals surface area contributed by atoms with Gasteiger partial charge >= 0.3 is 6.18 Å². The van der Waals surface area contributed by atoms with Crippen molar-refractivity contribution in [3.05, 3.63) is 65.1 Å². The average Bonchev–Trinajstić information content (AvgIpc) is 3.38. The number of alkyl halides is 3.